The first-order valence-corrected chi connectivity index (χ1v) is 7.73. The fourth-order valence-corrected chi connectivity index (χ4v) is 4.12. The number of thioether (sulfide) groups is 1. The first kappa shape index (κ1) is 12.5. The van der Waals surface area contributed by atoms with Crippen LogP contribution in [0.5, 0.6) is 0 Å². The van der Waals surface area contributed by atoms with Gasteiger partial charge in [0.2, 0.25) is 0 Å². The van der Waals surface area contributed by atoms with Crippen molar-refractivity contribution >= 4 is 27.7 Å². The minimum absolute atomic E-state index is 0.276. The van der Waals surface area contributed by atoms with Crippen LogP contribution in [-0.4, -0.2) is 23.2 Å². The minimum Gasteiger partial charge on any atom is -0.396 e. The molecule has 0 radical (unpaired) electrons. The normalized spacial score (nSPS) is 20.2. The zero-order valence-corrected chi connectivity index (χ0v) is 11.7. The number of halogens is 1. The second-order valence-electron chi connectivity index (χ2n) is 4.24. The number of hydrogen-bond acceptors (Lipinski definition) is 2. The van der Waals surface area contributed by atoms with Crippen molar-refractivity contribution in [2.24, 2.45) is 0 Å². The Kier molecular flexibility index (Phi) is 4.74. The summed E-state index contributed by atoms with van der Waals surface area (Å²) < 4.78 is 1.25. The van der Waals surface area contributed by atoms with Crippen LogP contribution in [0.1, 0.15) is 29.9 Å². The second kappa shape index (κ2) is 6.08. The topological polar surface area (TPSA) is 20.2 Å². The van der Waals surface area contributed by atoms with Gasteiger partial charge in [0, 0.05) is 16.8 Å². The van der Waals surface area contributed by atoms with Crippen LogP contribution >= 0.6 is 27.7 Å². The van der Waals surface area contributed by atoms with Gasteiger partial charge in [-0.25, -0.2) is 0 Å². The van der Waals surface area contributed by atoms with E-state index < -0.39 is 0 Å². The van der Waals surface area contributed by atoms with Crippen LogP contribution in [0, 0.1) is 0 Å². The Hall–Kier alpha value is 0.01000. The van der Waals surface area contributed by atoms with E-state index in [1.54, 1.807) is 0 Å². The van der Waals surface area contributed by atoms with E-state index >= 15 is 0 Å². The van der Waals surface area contributed by atoms with Gasteiger partial charge in [-0.2, -0.15) is 11.8 Å². The van der Waals surface area contributed by atoms with Crippen LogP contribution in [-0.2, 0) is 6.42 Å². The molecule has 1 aromatic rings. The van der Waals surface area contributed by atoms with Crippen molar-refractivity contribution in [3.05, 3.63) is 33.8 Å². The highest BCUT2D eigenvalue weighted by molar-refractivity contribution is 9.10. The third-order valence-corrected chi connectivity index (χ3v) is 4.91. The largest absolute Gasteiger partial charge is 0.396 e. The highest BCUT2D eigenvalue weighted by atomic mass is 79.9. The molecule has 1 aliphatic rings. The lowest BCUT2D eigenvalue weighted by Crippen LogP contribution is -1.98. The van der Waals surface area contributed by atoms with Gasteiger partial charge in [0.05, 0.1) is 0 Å². The van der Waals surface area contributed by atoms with Crippen LogP contribution in [0.4, 0.5) is 0 Å². The zero-order valence-electron chi connectivity index (χ0n) is 9.29. The molecule has 3 heteroatoms. The van der Waals surface area contributed by atoms with Gasteiger partial charge in [-0.3, -0.25) is 0 Å². The minimum atomic E-state index is 0.276. The van der Waals surface area contributed by atoms with E-state index in [0.29, 0.717) is 0 Å². The molecule has 1 heterocycles. The van der Waals surface area contributed by atoms with Gasteiger partial charge in [0.25, 0.3) is 0 Å². The van der Waals surface area contributed by atoms with Crippen molar-refractivity contribution < 1.29 is 5.11 Å². The molecule has 1 aliphatic heterocycles. The molecule has 0 aromatic heterocycles. The molecule has 1 nitrogen and oxygen atoms in total. The number of benzene rings is 1. The van der Waals surface area contributed by atoms with Gasteiger partial charge >= 0.3 is 0 Å². The van der Waals surface area contributed by atoms with Crippen LogP contribution < -0.4 is 0 Å². The van der Waals surface area contributed by atoms with Crippen molar-refractivity contribution in [1.29, 1.82) is 0 Å². The molecular weight excluding hydrogens is 284 g/mol. The summed E-state index contributed by atoms with van der Waals surface area (Å²) in [6.07, 6.45) is 3.12. The Morgan fingerprint density at radius 1 is 1.44 bits per heavy atom. The number of rotatable bonds is 4. The maximum atomic E-state index is 8.81. The summed E-state index contributed by atoms with van der Waals surface area (Å²) >= 11 is 5.73. The van der Waals surface area contributed by atoms with Crippen molar-refractivity contribution in [2.75, 3.05) is 18.1 Å². The molecule has 0 spiro atoms. The molecule has 2 rings (SSSR count). The lowest BCUT2D eigenvalue weighted by Gasteiger charge is -2.12. The Bertz CT molecular complexity index is 348. The first-order chi connectivity index (χ1) is 7.81. The summed E-state index contributed by atoms with van der Waals surface area (Å²) in [5, 5.41) is 8.81. The molecule has 88 valence electrons. The predicted octanol–water partition coefficient (Wildman–Crippen LogP) is 3.59. The third kappa shape index (κ3) is 3.02. The van der Waals surface area contributed by atoms with Crippen molar-refractivity contribution in [2.45, 2.75) is 25.2 Å². The quantitative estimate of drug-likeness (QED) is 0.917. The molecule has 0 amide bonds. The molecule has 1 fully saturated rings. The SMILES string of the molecule is OCCCc1ccc(C2CCSC2)c(Br)c1. The zero-order chi connectivity index (χ0) is 11.4. The second-order valence-corrected chi connectivity index (χ2v) is 6.25. The third-order valence-electron chi connectivity index (χ3n) is 3.06. The van der Waals surface area contributed by atoms with Crippen molar-refractivity contribution in [1.82, 2.24) is 0 Å². The van der Waals surface area contributed by atoms with Gasteiger partial charge in [0.15, 0.2) is 0 Å². The molecule has 1 atom stereocenters. The molecule has 16 heavy (non-hydrogen) atoms. The fourth-order valence-electron chi connectivity index (χ4n) is 2.12. The summed E-state index contributed by atoms with van der Waals surface area (Å²) in [5.74, 6) is 3.28. The predicted molar refractivity (Wildman–Crippen MR) is 74.2 cm³/mol. The van der Waals surface area contributed by atoms with Crippen LogP contribution in [0.15, 0.2) is 22.7 Å². The molecule has 0 saturated carbocycles. The summed E-state index contributed by atoms with van der Waals surface area (Å²) in [5.41, 5.74) is 2.77. The van der Waals surface area contributed by atoms with Crippen LogP contribution in [0.3, 0.4) is 0 Å². The van der Waals surface area contributed by atoms with Gasteiger partial charge < -0.3 is 5.11 Å². The summed E-state index contributed by atoms with van der Waals surface area (Å²) in [7, 11) is 0. The Labute approximate surface area is 110 Å². The standard InChI is InChI=1S/C13H17BrOS/c14-13-8-10(2-1-6-15)3-4-12(13)11-5-7-16-9-11/h3-4,8,11,15H,1-2,5-7,9H2. The van der Waals surface area contributed by atoms with E-state index in [1.807, 2.05) is 11.8 Å². The average Bonchev–Trinajstić information content (AvgIpc) is 2.80. The highest BCUT2D eigenvalue weighted by Crippen LogP contribution is 2.36. The molecule has 1 aromatic carbocycles. The van der Waals surface area contributed by atoms with Crippen LogP contribution in [0.2, 0.25) is 0 Å². The monoisotopic (exact) mass is 300 g/mol. The maximum Gasteiger partial charge on any atom is 0.0434 e. The molecule has 0 bridgehead atoms. The Morgan fingerprint density at radius 2 is 2.31 bits per heavy atom. The van der Waals surface area contributed by atoms with E-state index in [4.69, 9.17) is 5.11 Å². The lowest BCUT2D eigenvalue weighted by molar-refractivity contribution is 0.288. The molecule has 1 unspecified atom stereocenters. The first-order valence-electron chi connectivity index (χ1n) is 5.78. The van der Waals surface area contributed by atoms with Crippen molar-refractivity contribution in [3.63, 3.8) is 0 Å². The Morgan fingerprint density at radius 3 is 2.94 bits per heavy atom. The van der Waals surface area contributed by atoms with Crippen molar-refractivity contribution in [3.8, 4) is 0 Å². The van der Waals surface area contributed by atoms with E-state index in [9.17, 15) is 0 Å². The van der Waals surface area contributed by atoms with E-state index in [2.05, 4.69) is 34.1 Å². The van der Waals surface area contributed by atoms with Gasteiger partial charge in [-0.1, -0.05) is 28.1 Å². The molecule has 1 N–H and O–H groups in total. The van der Waals surface area contributed by atoms with Gasteiger partial charge in [-0.15, -0.1) is 0 Å². The number of aryl methyl sites for hydroxylation is 1. The molecule has 1 saturated heterocycles. The van der Waals surface area contributed by atoms with E-state index in [0.717, 1.165) is 18.8 Å². The summed E-state index contributed by atoms with van der Waals surface area (Å²) in [4.78, 5) is 0. The number of aliphatic hydroxyl groups excluding tert-OH is 1. The molecule has 0 aliphatic carbocycles. The van der Waals surface area contributed by atoms with Crippen LogP contribution in [0.25, 0.3) is 0 Å². The average molecular weight is 301 g/mol. The van der Waals surface area contributed by atoms with E-state index in [-0.39, 0.29) is 6.61 Å². The highest BCUT2D eigenvalue weighted by Gasteiger charge is 2.19. The summed E-state index contributed by atoms with van der Waals surface area (Å²) in [6, 6.07) is 6.68. The van der Waals surface area contributed by atoms with Gasteiger partial charge in [0.1, 0.15) is 0 Å². The number of aliphatic hydroxyl groups is 1. The summed E-state index contributed by atoms with van der Waals surface area (Å²) in [6.45, 7) is 0.276. The van der Waals surface area contributed by atoms with E-state index in [1.165, 1.54) is 33.5 Å². The fraction of sp³-hybridized carbons (Fsp3) is 0.538. The molecular formula is C13H17BrOS. The lowest BCUT2D eigenvalue weighted by atomic mass is 9.97. The van der Waals surface area contributed by atoms with Gasteiger partial charge in [-0.05, 0) is 48.1 Å². The Balaban J connectivity index is 2.09. The maximum absolute atomic E-state index is 8.81. The smallest absolute Gasteiger partial charge is 0.0434 e. The number of hydrogen-bond donors (Lipinski definition) is 1.